The van der Waals surface area contributed by atoms with Crippen LogP contribution < -0.4 is 5.32 Å². The van der Waals surface area contributed by atoms with Gasteiger partial charge in [0.05, 0.1) is 17.9 Å². The zero-order chi connectivity index (χ0) is 14.7. The van der Waals surface area contributed by atoms with Gasteiger partial charge in [-0.1, -0.05) is 25.1 Å². The van der Waals surface area contributed by atoms with Crippen LogP contribution in [0.15, 0.2) is 48.1 Å². The van der Waals surface area contributed by atoms with Gasteiger partial charge in [-0.15, -0.1) is 11.3 Å². The van der Waals surface area contributed by atoms with Crippen LogP contribution in [0.2, 0.25) is 0 Å². The quantitative estimate of drug-likeness (QED) is 0.785. The highest BCUT2D eigenvalue weighted by Gasteiger charge is 2.18. The molecule has 108 valence electrons. The highest BCUT2D eigenvalue weighted by Crippen LogP contribution is 2.25. The maximum Gasteiger partial charge on any atom is 0.114 e. The number of hydrogen-bond donors (Lipinski definition) is 1. The highest BCUT2D eigenvalue weighted by molar-refractivity contribution is 7.09. The number of benzene rings is 1. The molecule has 0 aliphatic carbocycles. The van der Waals surface area contributed by atoms with Gasteiger partial charge >= 0.3 is 0 Å². The number of nitrogens with zero attached hydrogens (tertiary/aromatic N) is 3. The molecule has 0 aliphatic rings. The first-order valence-electron chi connectivity index (χ1n) is 7.03. The Morgan fingerprint density at radius 3 is 2.76 bits per heavy atom. The molecule has 5 heteroatoms. The van der Waals surface area contributed by atoms with Gasteiger partial charge in [-0.3, -0.25) is 0 Å². The van der Waals surface area contributed by atoms with Gasteiger partial charge < -0.3 is 5.32 Å². The van der Waals surface area contributed by atoms with Crippen molar-refractivity contribution in [1.82, 2.24) is 20.1 Å². The van der Waals surface area contributed by atoms with Gasteiger partial charge in [-0.25, -0.2) is 9.67 Å². The summed E-state index contributed by atoms with van der Waals surface area (Å²) in [6.45, 7) is 5.02. The molecule has 2 heterocycles. The Kier molecular flexibility index (Phi) is 4.13. The summed E-state index contributed by atoms with van der Waals surface area (Å²) in [5, 5.41) is 11.1. The zero-order valence-electron chi connectivity index (χ0n) is 12.2. The van der Waals surface area contributed by atoms with Gasteiger partial charge in [-0.2, -0.15) is 5.10 Å². The second-order valence-corrected chi connectivity index (χ2v) is 5.76. The predicted molar refractivity (Wildman–Crippen MR) is 85.9 cm³/mol. The Balaban J connectivity index is 1.92. The molecule has 0 spiro atoms. The minimum atomic E-state index is 0.103. The molecule has 0 saturated heterocycles. The fourth-order valence-corrected chi connectivity index (χ4v) is 3.16. The summed E-state index contributed by atoms with van der Waals surface area (Å²) >= 11 is 1.69. The topological polar surface area (TPSA) is 42.7 Å². The van der Waals surface area contributed by atoms with Crippen LogP contribution in [-0.2, 0) is 0 Å². The van der Waals surface area contributed by atoms with Crippen LogP contribution >= 0.6 is 11.3 Å². The summed E-state index contributed by atoms with van der Waals surface area (Å²) in [5.74, 6) is 0. The van der Waals surface area contributed by atoms with E-state index in [1.165, 1.54) is 0 Å². The first kappa shape index (κ1) is 14.0. The van der Waals surface area contributed by atoms with Crippen LogP contribution in [0.25, 0.3) is 5.69 Å². The van der Waals surface area contributed by atoms with E-state index < -0.39 is 0 Å². The molecular formula is C16H18N4S. The van der Waals surface area contributed by atoms with E-state index in [0.717, 1.165) is 28.5 Å². The summed E-state index contributed by atoms with van der Waals surface area (Å²) in [7, 11) is 0. The molecule has 0 fully saturated rings. The number of thiazole rings is 1. The maximum absolute atomic E-state index is 4.61. The molecule has 2 aromatic heterocycles. The van der Waals surface area contributed by atoms with Gasteiger partial charge in [0.15, 0.2) is 0 Å². The van der Waals surface area contributed by atoms with E-state index in [-0.39, 0.29) is 6.04 Å². The van der Waals surface area contributed by atoms with E-state index >= 15 is 0 Å². The van der Waals surface area contributed by atoms with Crippen LogP contribution in [0, 0.1) is 6.92 Å². The number of aromatic nitrogens is 3. The number of nitrogens with one attached hydrogen (secondary N) is 1. The third-order valence-electron chi connectivity index (χ3n) is 3.25. The van der Waals surface area contributed by atoms with Crippen molar-refractivity contribution >= 4 is 11.3 Å². The average Bonchev–Trinajstić information content (AvgIpc) is 3.15. The molecule has 0 saturated carbocycles. The summed E-state index contributed by atoms with van der Waals surface area (Å²) in [6.07, 6.45) is 3.98. The van der Waals surface area contributed by atoms with E-state index in [2.05, 4.69) is 33.9 Å². The van der Waals surface area contributed by atoms with Crippen molar-refractivity contribution in [3.8, 4) is 5.69 Å². The molecule has 1 N–H and O–H groups in total. The lowest BCUT2D eigenvalue weighted by Crippen LogP contribution is -2.21. The predicted octanol–water partition coefficient (Wildman–Crippen LogP) is 3.34. The molecule has 3 aromatic rings. The molecule has 3 rings (SSSR count). The fraction of sp³-hybridized carbons (Fsp3) is 0.250. The lowest BCUT2D eigenvalue weighted by atomic mass is 10.1. The highest BCUT2D eigenvalue weighted by atomic mass is 32.1. The maximum atomic E-state index is 4.61. The number of hydrogen-bond acceptors (Lipinski definition) is 4. The second-order valence-electron chi connectivity index (χ2n) is 4.87. The largest absolute Gasteiger partial charge is 0.304 e. The van der Waals surface area contributed by atoms with Crippen LogP contribution in [-0.4, -0.2) is 21.3 Å². The Morgan fingerprint density at radius 1 is 1.29 bits per heavy atom. The second kappa shape index (κ2) is 6.20. The molecule has 1 atom stereocenters. The molecule has 1 unspecified atom stereocenters. The minimum Gasteiger partial charge on any atom is -0.304 e. The summed E-state index contributed by atoms with van der Waals surface area (Å²) in [6, 6.07) is 10.2. The monoisotopic (exact) mass is 298 g/mol. The van der Waals surface area contributed by atoms with Gasteiger partial charge in [0.1, 0.15) is 5.01 Å². The van der Waals surface area contributed by atoms with Crippen molar-refractivity contribution in [3.05, 3.63) is 64.4 Å². The Morgan fingerprint density at radius 2 is 2.10 bits per heavy atom. The van der Waals surface area contributed by atoms with E-state index in [4.69, 9.17) is 0 Å². The molecule has 0 radical (unpaired) electrons. The van der Waals surface area contributed by atoms with Crippen molar-refractivity contribution < 1.29 is 0 Å². The van der Waals surface area contributed by atoms with Crippen LogP contribution in [0.4, 0.5) is 0 Å². The van der Waals surface area contributed by atoms with Crippen molar-refractivity contribution in [1.29, 1.82) is 0 Å². The molecule has 4 nitrogen and oxygen atoms in total. The standard InChI is InChI=1S/C16H18N4S/c1-3-17-15(16-19-12(2)11-21-16)13-9-18-20(10-13)14-7-5-4-6-8-14/h4-11,15,17H,3H2,1-2H3. The zero-order valence-corrected chi connectivity index (χ0v) is 13.0. The van der Waals surface area contributed by atoms with Crippen molar-refractivity contribution in [3.63, 3.8) is 0 Å². The van der Waals surface area contributed by atoms with E-state index in [1.54, 1.807) is 11.3 Å². The summed E-state index contributed by atoms with van der Waals surface area (Å²) in [4.78, 5) is 4.61. The molecule has 0 aliphatic heterocycles. The normalized spacial score (nSPS) is 12.5. The first-order valence-corrected chi connectivity index (χ1v) is 7.91. The number of aryl methyl sites for hydroxylation is 1. The summed E-state index contributed by atoms with van der Waals surface area (Å²) in [5.41, 5.74) is 3.26. The van der Waals surface area contributed by atoms with Gasteiger partial charge in [0.2, 0.25) is 0 Å². The van der Waals surface area contributed by atoms with E-state index in [0.29, 0.717) is 0 Å². The van der Waals surface area contributed by atoms with Crippen molar-refractivity contribution in [2.45, 2.75) is 19.9 Å². The van der Waals surface area contributed by atoms with Crippen LogP contribution in [0.1, 0.15) is 29.2 Å². The van der Waals surface area contributed by atoms with Crippen LogP contribution in [0.5, 0.6) is 0 Å². The fourth-order valence-electron chi connectivity index (χ4n) is 2.26. The number of para-hydroxylation sites is 1. The lowest BCUT2D eigenvalue weighted by Gasteiger charge is -2.13. The van der Waals surface area contributed by atoms with E-state index in [9.17, 15) is 0 Å². The molecular weight excluding hydrogens is 280 g/mol. The van der Waals surface area contributed by atoms with E-state index in [1.807, 2.05) is 48.1 Å². The van der Waals surface area contributed by atoms with Gasteiger partial charge in [0, 0.05) is 22.8 Å². The molecule has 1 aromatic carbocycles. The average molecular weight is 298 g/mol. The Labute approximate surface area is 128 Å². The van der Waals surface area contributed by atoms with Gasteiger partial charge in [0.25, 0.3) is 0 Å². The lowest BCUT2D eigenvalue weighted by molar-refractivity contribution is 0.626. The van der Waals surface area contributed by atoms with Crippen LogP contribution in [0.3, 0.4) is 0 Å². The SMILES string of the molecule is CCNC(c1cnn(-c2ccccc2)c1)c1nc(C)cs1. The van der Waals surface area contributed by atoms with Gasteiger partial charge in [-0.05, 0) is 25.6 Å². The molecule has 0 bridgehead atoms. The minimum absolute atomic E-state index is 0.103. The summed E-state index contributed by atoms with van der Waals surface area (Å²) < 4.78 is 1.90. The third kappa shape index (κ3) is 3.04. The molecule has 0 amide bonds. The first-order chi connectivity index (χ1) is 10.3. The third-order valence-corrected chi connectivity index (χ3v) is 4.28. The van der Waals surface area contributed by atoms with Crippen molar-refractivity contribution in [2.75, 3.05) is 6.54 Å². The number of rotatable bonds is 5. The van der Waals surface area contributed by atoms with Crippen molar-refractivity contribution in [2.24, 2.45) is 0 Å². The molecule has 21 heavy (non-hydrogen) atoms. The Hall–Kier alpha value is -1.98. The Bertz CT molecular complexity index is 702. The smallest absolute Gasteiger partial charge is 0.114 e.